The van der Waals surface area contributed by atoms with Crippen LogP contribution < -0.4 is 0 Å². The van der Waals surface area contributed by atoms with Crippen LogP contribution in [0.25, 0.3) is 10.9 Å². The molecule has 0 radical (unpaired) electrons. The first kappa shape index (κ1) is 11.9. The fourth-order valence-electron chi connectivity index (χ4n) is 2.72. The lowest BCUT2D eigenvalue weighted by molar-refractivity contribution is 0.322. The van der Waals surface area contributed by atoms with Crippen LogP contribution in [0.15, 0.2) is 36.5 Å². The molecule has 2 nitrogen and oxygen atoms in total. The van der Waals surface area contributed by atoms with Crippen molar-refractivity contribution in [1.82, 2.24) is 9.88 Å². The maximum Gasteiger partial charge on any atom is 0.0705 e. The number of benzene rings is 1. The van der Waals surface area contributed by atoms with Crippen molar-refractivity contribution in [2.75, 3.05) is 19.0 Å². The van der Waals surface area contributed by atoms with Crippen molar-refractivity contribution in [3.63, 3.8) is 0 Å². The summed E-state index contributed by atoms with van der Waals surface area (Å²) in [6.45, 7) is 3.30. The predicted octanol–water partition coefficient (Wildman–Crippen LogP) is 3.30. The molecule has 18 heavy (non-hydrogen) atoms. The first-order valence-electron chi connectivity index (χ1n) is 6.48. The zero-order chi connectivity index (χ0) is 12.4. The topological polar surface area (TPSA) is 16.1 Å². The summed E-state index contributed by atoms with van der Waals surface area (Å²) in [4.78, 5) is 6.90. The molecule has 94 valence electrons. The zero-order valence-corrected chi connectivity index (χ0v) is 11.1. The highest BCUT2D eigenvalue weighted by molar-refractivity contribution is 6.18. The van der Waals surface area contributed by atoms with Crippen LogP contribution in [-0.2, 0) is 6.54 Å². The van der Waals surface area contributed by atoms with Crippen molar-refractivity contribution in [3.05, 3.63) is 42.1 Å². The summed E-state index contributed by atoms with van der Waals surface area (Å²) in [7, 11) is 0. The smallest absolute Gasteiger partial charge is 0.0705 e. The Morgan fingerprint density at radius 1 is 1.28 bits per heavy atom. The average molecular weight is 261 g/mol. The standard InChI is InChI=1S/C15H17ClN2/c16-9-12-6-8-18(10-12)11-13-5-7-17-15-4-2-1-3-14(13)15/h1-5,7,12H,6,8-11H2. The van der Waals surface area contributed by atoms with E-state index in [2.05, 4.69) is 34.1 Å². The van der Waals surface area contributed by atoms with Gasteiger partial charge >= 0.3 is 0 Å². The summed E-state index contributed by atoms with van der Waals surface area (Å²) in [6, 6.07) is 10.5. The second kappa shape index (κ2) is 5.25. The maximum atomic E-state index is 5.93. The van der Waals surface area contributed by atoms with Crippen LogP contribution >= 0.6 is 11.6 Å². The third kappa shape index (κ3) is 2.36. The van der Waals surface area contributed by atoms with Crippen molar-refractivity contribution >= 4 is 22.5 Å². The highest BCUT2D eigenvalue weighted by Gasteiger charge is 2.21. The predicted molar refractivity (Wildman–Crippen MR) is 75.8 cm³/mol. The number of rotatable bonds is 3. The molecule has 2 heterocycles. The van der Waals surface area contributed by atoms with Crippen molar-refractivity contribution < 1.29 is 0 Å². The number of fused-ring (bicyclic) bond motifs is 1. The molecule has 1 atom stereocenters. The normalized spacial score (nSPS) is 20.6. The van der Waals surface area contributed by atoms with E-state index in [1.807, 2.05) is 12.3 Å². The summed E-state index contributed by atoms with van der Waals surface area (Å²) >= 11 is 5.93. The quantitative estimate of drug-likeness (QED) is 0.788. The van der Waals surface area contributed by atoms with Crippen molar-refractivity contribution in [3.8, 4) is 0 Å². The lowest BCUT2D eigenvalue weighted by atomic mass is 10.1. The first-order chi connectivity index (χ1) is 8.86. The number of alkyl halides is 1. The summed E-state index contributed by atoms with van der Waals surface area (Å²) in [5.41, 5.74) is 2.46. The van der Waals surface area contributed by atoms with Gasteiger partial charge in [0.25, 0.3) is 0 Å². The van der Waals surface area contributed by atoms with Crippen molar-refractivity contribution in [1.29, 1.82) is 0 Å². The number of halogens is 1. The first-order valence-corrected chi connectivity index (χ1v) is 7.01. The number of para-hydroxylation sites is 1. The molecule has 1 fully saturated rings. The molecule has 3 rings (SSSR count). The van der Waals surface area contributed by atoms with Gasteiger partial charge in [-0.2, -0.15) is 0 Å². The largest absolute Gasteiger partial charge is 0.299 e. The molecule has 1 saturated heterocycles. The molecule has 0 bridgehead atoms. The fraction of sp³-hybridized carbons (Fsp3) is 0.400. The molecule has 0 amide bonds. The van der Waals surface area contributed by atoms with Crippen LogP contribution in [0.4, 0.5) is 0 Å². The minimum atomic E-state index is 0.666. The molecular formula is C15H17ClN2. The van der Waals surface area contributed by atoms with E-state index in [1.165, 1.54) is 17.4 Å². The van der Waals surface area contributed by atoms with E-state index in [4.69, 9.17) is 11.6 Å². The summed E-state index contributed by atoms with van der Waals surface area (Å²) in [5, 5.41) is 1.27. The fourth-order valence-corrected chi connectivity index (χ4v) is 2.97. The molecule has 1 aliphatic rings. The van der Waals surface area contributed by atoms with Gasteiger partial charge in [-0.15, -0.1) is 11.6 Å². The Morgan fingerprint density at radius 3 is 3.00 bits per heavy atom. The Morgan fingerprint density at radius 2 is 2.17 bits per heavy atom. The van der Waals surface area contributed by atoms with Gasteiger partial charge in [-0.25, -0.2) is 0 Å². The highest BCUT2D eigenvalue weighted by atomic mass is 35.5. The van der Waals surface area contributed by atoms with E-state index in [-0.39, 0.29) is 0 Å². The molecule has 0 N–H and O–H groups in total. The van der Waals surface area contributed by atoms with Gasteiger partial charge in [0.1, 0.15) is 0 Å². The summed E-state index contributed by atoms with van der Waals surface area (Å²) in [6.07, 6.45) is 3.14. The zero-order valence-electron chi connectivity index (χ0n) is 10.3. The Kier molecular flexibility index (Phi) is 3.48. The second-order valence-corrected chi connectivity index (χ2v) is 5.34. The number of pyridine rings is 1. The lowest BCUT2D eigenvalue weighted by Crippen LogP contribution is -2.20. The van der Waals surface area contributed by atoms with Crippen molar-refractivity contribution in [2.45, 2.75) is 13.0 Å². The maximum absolute atomic E-state index is 5.93. The Labute approximate surface area is 113 Å². The van der Waals surface area contributed by atoms with Crippen LogP contribution in [0, 0.1) is 5.92 Å². The van der Waals surface area contributed by atoms with Crippen molar-refractivity contribution in [2.24, 2.45) is 5.92 Å². The van der Waals surface area contributed by atoms with E-state index in [9.17, 15) is 0 Å². The summed E-state index contributed by atoms with van der Waals surface area (Å²) in [5.74, 6) is 1.45. The second-order valence-electron chi connectivity index (χ2n) is 5.03. The average Bonchev–Trinajstić information content (AvgIpc) is 2.87. The highest BCUT2D eigenvalue weighted by Crippen LogP contribution is 2.23. The van der Waals surface area contributed by atoms with Gasteiger partial charge in [0.05, 0.1) is 5.52 Å². The molecule has 1 aromatic heterocycles. The monoisotopic (exact) mass is 260 g/mol. The SMILES string of the molecule is ClCC1CCN(Cc2ccnc3ccccc23)C1. The number of likely N-dealkylation sites (tertiary alicyclic amines) is 1. The molecule has 0 spiro atoms. The lowest BCUT2D eigenvalue weighted by Gasteiger charge is -2.16. The van der Waals surface area contributed by atoms with Gasteiger partial charge in [0, 0.05) is 30.6 Å². The van der Waals surface area contributed by atoms with Gasteiger partial charge in [0.15, 0.2) is 0 Å². The Bertz CT molecular complexity index is 536. The van der Waals surface area contributed by atoms with Crippen LogP contribution in [0.2, 0.25) is 0 Å². The minimum Gasteiger partial charge on any atom is -0.299 e. The Hall–Kier alpha value is -1.12. The van der Waals surface area contributed by atoms with E-state index in [1.54, 1.807) is 0 Å². The molecule has 0 aliphatic carbocycles. The molecule has 1 aromatic carbocycles. The number of hydrogen-bond acceptors (Lipinski definition) is 2. The number of aromatic nitrogens is 1. The van der Waals surface area contributed by atoms with E-state index in [0.717, 1.165) is 31.0 Å². The third-order valence-corrected chi connectivity index (χ3v) is 4.16. The molecule has 1 aliphatic heterocycles. The van der Waals surface area contributed by atoms with Crippen LogP contribution in [0.5, 0.6) is 0 Å². The third-order valence-electron chi connectivity index (χ3n) is 3.72. The van der Waals surface area contributed by atoms with Gasteiger partial charge in [0.2, 0.25) is 0 Å². The summed E-state index contributed by atoms with van der Waals surface area (Å²) < 4.78 is 0. The number of hydrogen-bond donors (Lipinski definition) is 0. The molecule has 1 unspecified atom stereocenters. The molecule has 2 aromatic rings. The van der Waals surface area contributed by atoms with Crippen LogP contribution in [-0.4, -0.2) is 28.9 Å². The van der Waals surface area contributed by atoms with Gasteiger partial charge < -0.3 is 0 Å². The van der Waals surface area contributed by atoms with Gasteiger partial charge in [-0.05, 0) is 36.6 Å². The van der Waals surface area contributed by atoms with E-state index >= 15 is 0 Å². The van der Waals surface area contributed by atoms with E-state index < -0.39 is 0 Å². The van der Waals surface area contributed by atoms with Crippen LogP contribution in [0.3, 0.4) is 0 Å². The molecular weight excluding hydrogens is 244 g/mol. The number of nitrogens with zero attached hydrogens (tertiary/aromatic N) is 2. The minimum absolute atomic E-state index is 0.666. The van der Waals surface area contributed by atoms with Crippen LogP contribution in [0.1, 0.15) is 12.0 Å². The molecule has 3 heteroatoms. The Balaban J connectivity index is 1.83. The van der Waals surface area contributed by atoms with E-state index in [0.29, 0.717) is 5.92 Å². The van der Waals surface area contributed by atoms with Gasteiger partial charge in [-0.1, -0.05) is 18.2 Å². The van der Waals surface area contributed by atoms with Gasteiger partial charge in [-0.3, -0.25) is 9.88 Å². The molecule has 0 saturated carbocycles.